The van der Waals surface area contributed by atoms with E-state index in [9.17, 15) is 0 Å². The summed E-state index contributed by atoms with van der Waals surface area (Å²) in [6.45, 7) is 6.33. The molecule has 1 N–H and O–H groups in total. The van der Waals surface area contributed by atoms with Crippen LogP contribution in [0.25, 0.3) is 0 Å². The summed E-state index contributed by atoms with van der Waals surface area (Å²) < 4.78 is 0. The van der Waals surface area contributed by atoms with Gasteiger partial charge in [0.15, 0.2) is 0 Å². The van der Waals surface area contributed by atoms with E-state index in [1.807, 2.05) is 6.20 Å². The summed E-state index contributed by atoms with van der Waals surface area (Å²) in [6, 6.07) is 0. The lowest BCUT2D eigenvalue weighted by Crippen LogP contribution is -2.22. The largest absolute Gasteiger partial charge is 0.369 e. The van der Waals surface area contributed by atoms with Crippen molar-refractivity contribution in [3.8, 4) is 0 Å². The first kappa shape index (κ1) is 11.2. The highest BCUT2D eigenvalue weighted by molar-refractivity contribution is 5.43. The summed E-state index contributed by atoms with van der Waals surface area (Å²) in [5.41, 5.74) is 0. The van der Waals surface area contributed by atoms with Crippen LogP contribution >= 0.6 is 0 Å². The second-order valence-electron chi connectivity index (χ2n) is 4.65. The van der Waals surface area contributed by atoms with Gasteiger partial charge < -0.3 is 10.2 Å². The topological polar surface area (TPSA) is 41.1 Å². The average molecular weight is 220 g/mol. The second-order valence-corrected chi connectivity index (χ2v) is 4.65. The SMILES string of the molecule is CCNc1cncc(N(C)CC2CC2C)n1. The third-order valence-corrected chi connectivity index (χ3v) is 3.16. The Balaban J connectivity index is 1.98. The van der Waals surface area contributed by atoms with E-state index in [0.717, 1.165) is 36.6 Å². The molecule has 2 unspecified atom stereocenters. The van der Waals surface area contributed by atoms with Crippen LogP contribution in [0.4, 0.5) is 11.6 Å². The highest BCUT2D eigenvalue weighted by atomic mass is 15.2. The van der Waals surface area contributed by atoms with E-state index in [1.165, 1.54) is 6.42 Å². The number of nitrogens with zero attached hydrogens (tertiary/aromatic N) is 3. The zero-order valence-electron chi connectivity index (χ0n) is 10.3. The molecular weight excluding hydrogens is 200 g/mol. The van der Waals surface area contributed by atoms with Crippen LogP contribution in [0, 0.1) is 11.8 Å². The average Bonchev–Trinajstić information content (AvgIpc) is 2.95. The Morgan fingerprint density at radius 1 is 1.50 bits per heavy atom. The Kier molecular flexibility index (Phi) is 3.27. The fraction of sp³-hybridized carbons (Fsp3) is 0.667. The van der Waals surface area contributed by atoms with E-state index < -0.39 is 0 Å². The molecule has 16 heavy (non-hydrogen) atoms. The fourth-order valence-corrected chi connectivity index (χ4v) is 1.90. The lowest BCUT2D eigenvalue weighted by molar-refractivity contribution is 0.718. The predicted octanol–water partition coefficient (Wildman–Crippen LogP) is 2.00. The van der Waals surface area contributed by atoms with Gasteiger partial charge in [0, 0.05) is 20.1 Å². The van der Waals surface area contributed by atoms with E-state index in [-0.39, 0.29) is 0 Å². The van der Waals surface area contributed by atoms with Crippen LogP contribution in [-0.4, -0.2) is 30.1 Å². The quantitative estimate of drug-likeness (QED) is 0.824. The Bertz CT molecular complexity index is 353. The van der Waals surface area contributed by atoms with E-state index in [4.69, 9.17) is 0 Å². The summed E-state index contributed by atoms with van der Waals surface area (Å²) in [6.07, 6.45) is 4.94. The van der Waals surface area contributed by atoms with Crippen LogP contribution in [-0.2, 0) is 0 Å². The number of aromatic nitrogens is 2. The van der Waals surface area contributed by atoms with Gasteiger partial charge in [-0.3, -0.25) is 4.98 Å². The first-order valence-corrected chi connectivity index (χ1v) is 5.97. The monoisotopic (exact) mass is 220 g/mol. The van der Waals surface area contributed by atoms with Crippen molar-refractivity contribution in [2.24, 2.45) is 11.8 Å². The molecule has 0 radical (unpaired) electrons. The third-order valence-electron chi connectivity index (χ3n) is 3.16. The molecule has 0 bridgehead atoms. The minimum atomic E-state index is 0.842. The smallest absolute Gasteiger partial charge is 0.149 e. The molecule has 88 valence electrons. The van der Waals surface area contributed by atoms with Crippen LogP contribution in [0.2, 0.25) is 0 Å². The first-order valence-electron chi connectivity index (χ1n) is 5.97. The molecule has 1 heterocycles. The zero-order valence-corrected chi connectivity index (χ0v) is 10.3. The standard InChI is InChI=1S/C12H20N4/c1-4-14-11-6-13-7-12(15-11)16(3)8-10-5-9(10)2/h6-7,9-10H,4-5,8H2,1-3H3,(H,14,15). The minimum Gasteiger partial charge on any atom is -0.369 e. The number of hydrogen-bond acceptors (Lipinski definition) is 4. The van der Waals surface area contributed by atoms with Crippen molar-refractivity contribution in [1.29, 1.82) is 0 Å². The number of rotatable bonds is 5. The van der Waals surface area contributed by atoms with Crippen molar-refractivity contribution >= 4 is 11.6 Å². The van der Waals surface area contributed by atoms with Crippen LogP contribution in [0.5, 0.6) is 0 Å². The first-order chi connectivity index (χ1) is 7.70. The molecule has 1 saturated carbocycles. The fourth-order valence-electron chi connectivity index (χ4n) is 1.90. The Hall–Kier alpha value is -1.32. The maximum atomic E-state index is 4.52. The van der Waals surface area contributed by atoms with Gasteiger partial charge in [0.05, 0.1) is 12.4 Å². The molecule has 1 aromatic heterocycles. The molecule has 1 aliphatic rings. The predicted molar refractivity (Wildman–Crippen MR) is 66.7 cm³/mol. The van der Waals surface area contributed by atoms with Crippen LogP contribution in [0.3, 0.4) is 0 Å². The van der Waals surface area contributed by atoms with E-state index in [2.05, 4.69) is 41.1 Å². The van der Waals surface area contributed by atoms with Gasteiger partial charge in [-0.15, -0.1) is 0 Å². The zero-order chi connectivity index (χ0) is 11.5. The molecule has 1 aliphatic carbocycles. The van der Waals surface area contributed by atoms with Gasteiger partial charge in [0.1, 0.15) is 11.6 Å². The van der Waals surface area contributed by atoms with Crippen LogP contribution in [0.15, 0.2) is 12.4 Å². The summed E-state index contributed by atoms with van der Waals surface area (Å²) in [7, 11) is 2.09. The summed E-state index contributed by atoms with van der Waals surface area (Å²) in [4.78, 5) is 10.9. The van der Waals surface area contributed by atoms with Gasteiger partial charge in [-0.1, -0.05) is 6.92 Å². The molecule has 1 fully saturated rings. The maximum absolute atomic E-state index is 4.52. The van der Waals surface area contributed by atoms with Gasteiger partial charge >= 0.3 is 0 Å². The van der Waals surface area contributed by atoms with Gasteiger partial charge in [-0.05, 0) is 25.2 Å². The highest BCUT2D eigenvalue weighted by Gasteiger charge is 2.33. The van der Waals surface area contributed by atoms with Crippen LogP contribution < -0.4 is 10.2 Å². The molecule has 0 aliphatic heterocycles. The van der Waals surface area contributed by atoms with E-state index >= 15 is 0 Å². The van der Waals surface area contributed by atoms with Crippen molar-refractivity contribution in [1.82, 2.24) is 9.97 Å². The minimum absolute atomic E-state index is 0.842. The molecule has 1 aromatic rings. The van der Waals surface area contributed by atoms with Crippen LogP contribution in [0.1, 0.15) is 20.3 Å². The normalized spacial score (nSPS) is 22.9. The van der Waals surface area contributed by atoms with Crippen molar-refractivity contribution in [3.63, 3.8) is 0 Å². The van der Waals surface area contributed by atoms with Crippen molar-refractivity contribution in [3.05, 3.63) is 12.4 Å². The van der Waals surface area contributed by atoms with E-state index in [0.29, 0.717) is 0 Å². The van der Waals surface area contributed by atoms with Crippen molar-refractivity contribution in [2.45, 2.75) is 20.3 Å². The molecule has 4 heteroatoms. The lowest BCUT2D eigenvalue weighted by Gasteiger charge is -2.18. The molecular formula is C12H20N4. The van der Waals surface area contributed by atoms with Gasteiger partial charge in [-0.25, -0.2) is 4.98 Å². The Morgan fingerprint density at radius 2 is 2.25 bits per heavy atom. The Labute approximate surface area is 97.1 Å². The van der Waals surface area contributed by atoms with Gasteiger partial charge in [-0.2, -0.15) is 0 Å². The maximum Gasteiger partial charge on any atom is 0.149 e. The second kappa shape index (κ2) is 4.68. The number of nitrogens with one attached hydrogen (secondary N) is 1. The summed E-state index contributed by atoms with van der Waals surface area (Å²) in [5, 5.41) is 3.18. The molecule has 2 atom stereocenters. The number of anilines is 2. The van der Waals surface area contributed by atoms with Gasteiger partial charge in [0.2, 0.25) is 0 Å². The molecule has 0 aromatic carbocycles. The molecule has 0 spiro atoms. The molecule has 0 saturated heterocycles. The lowest BCUT2D eigenvalue weighted by atomic mass is 10.3. The van der Waals surface area contributed by atoms with E-state index in [1.54, 1.807) is 6.20 Å². The highest BCUT2D eigenvalue weighted by Crippen LogP contribution is 2.38. The van der Waals surface area contributed by atoms with Crippen molar-refractivity contribution in [2.75, 3.05) is 30.4 Å². The Morgan fingerprint density at radius 3 is 2.88 bits per heavy atom. The molecule has 0 amide bonds. The molecule has 2 rings (SSSR count). The van der Waals surface area contributed by atoms with Gasteiger partial charge in [0.25, 0.3) is 0 Å². The summed E-state index contributed by atoms with van der Waals surface area (Å²) in [5.74, 6) is 3.54. The number of hydrogen-bond donors (Lipinski definition) is 1. The third kappa shape index (κ3) is 2.62. The van der Waals surface area contributed by atoms with Crippen molar-refractivity contribution < 1.29 is 0 Å². The molecule has 4 nitrogen and oxygen atoms in total. The summed E-state index contributed by atoms with van der Waals surface area (Å²) >= 11 is 0.